The smallest absolute Gasteiger partial charge is 0.414 e. The molecule has 3 rings (SSSR count). The molecule has 1 saturated heterocycles. The number of piperazine rings is 1. The van der Waals surface area contributed by atoms with E-state index < -0.39 is 11.2 Å². The third-order valence-electron chi connectivity index (χ3n) is 4.89. The minimum Gasteiger partial charge on any atom is -0.444 e. The Kier molecular flexibility index (Phi) is 5.70. The Morgan fingerprint density at radius 2 is 1.34 bits per heavy atom. The van der Waals surface area contributed by atoms with Crippen molar-refractivity contribution in [1.29, 1.82) is 0 Å². The van der Waals surface area contributed by atoms with Crippen molar-refractivity contribution in [3.05, 3.63) is 23.8 Å². The molecule has 2 aliphatic heterocycles. The lowest BCUT2D eigenvalue weighted by atomic mass is 10.1. The highest BCUT2D eigenvalue weighted by Crippen LogP contribution is 2.36. The molecule has 0 spiro atoms. The highest BCUT2D eigenvalue weighted by Gasteiger charge is 2.32. The SMILES string of the molecule is CC(C)(C)OC(=O)N1CCN(c2cccc3c2CCN3C(=O)OC(C)(C)C)CC1. The standard InChI is InChI=1S/C22H33N3O4/c1-21(2,3)28-19(26)24-14-12-23(13-15-24)17-8-7-9-18-16(17)10-11-25(18)20(27)29-22(4,5)6/h7-9H,10-15H2,1-6H3. The number of carbonyl (C=O) groups is 2. The van der Waals surface area contributed by atoms with Gasteiger partial charge in [-0.2, -0.15) is 0 Å². The van der Waals surface area contributed by atoms with E-state index in [9.17, 15) is 9.59 Å². The van der Waals surface area contributed by atoms with Crippen LogP contribution in [0.5, 0.6) is 0 Å². The molecule has 0 bridgehead atoms. The van der Waals surface area contributed by atoms with Gasteiger partial charge in [0.2, 0.25) is 0 Å². The Labute approximate surface area is 173 Å². The zero-order valence-corrected chi connectivity index (χ0v) is 18.4. The first-order valence-electron chi connectivity index (χ1n) is 10.3. The molecule has 0 atom stereocenters. The largest absolute Gasteiger partial charge is 0.444 e. The molecule has 0 aliphatic carbocycles. The lowest BCUT2D eigenvalue weighted by Crippen LogP contribution is -2.50. The summed E-state index contributed by atoms with van der Waals surface area (Å²) in [6.45, 7) is 14.6. The number of benzene rings is 1. The molecule has 0 aromatic heterocycles. The molecule has 2 amide bonds. The van der Waals surface area contributed by atoms with Crippen molar-refractivity contribution < 1.29 is 19.1 Å². The van der Waals surface area contributed by atoms with Crippen LogP contribution < -0.4 is 9.80 Å². The van der Waals surface area contributed by atoms with Crippen LogP contribution in [0.2, 0.25) is 0 Å². The Hall–Kier alpha value is -2.44. The number of anilines is 2. The second-order valence-electron chi connectivity index (χ2n) is 9.61. The van der Waals surface area contributed by atoms with E-state index in [1.807, 2.05) is 53.7 Å². The molecular weight excluding hydrogens is 370 g/mol. The summed E-state index contributed by atoms with van der Waals surface area (Å²) in [7, 11) is 0. The van der Waals surface area contributed by atoms with Gasteiger partial charge in [0, 0.05) is 44.0 Å². The molecule has 0 saturated carbocycles. The third-order valence-corrected chi connectivity index (χ3v) is 4.89. The van der Waals surface area contributed by atoms with Crippen molar-refractivity contribution >= 4 is 23.6 Å². The maximum absolute atomic E-state index is 12.6. The minimum atomic E-state index is -0.518. The second-order valence-corrected chi connectivity index (χ2v) is 9.61. The normalized spacial score (nSPS) is 17.2. The van der Waals surface area contributed by atoms with Gasteiger partial charge in [-0.3, -0.25) is 4.90 Å². The van der Waals surface area contributed by atoms with E-state index in [-0.39, 0.29) is 12.2 Å². The van der Waals surface area contributed by atoms with Crippen LogP contribution in [0, 0.1) is 0 Å². The summed E-state index contributed by atoms with van der Waals surface area (Å²) < 4.78 is 11.0. The fourth-order valence-corrected chi connectivity index (χ4v) is 3.68. The number of rotatable bonds is 1. The number of amides is 2. The molecule has 0 unspecified atom stereocenters. The molecule has 7 nitrogen and oxygen atoms in total. The molecule has 7 heteroatoms. The first kappa shape index (κ1) is 21.3. The number of carbonyl (C=O) groups excluding carboxylic acids is 2. The molecule has 1 aromatic rings. The monoisotopic (exact) mass is 403 g/mol. The maximum Gasteiger partial charge on any atom is 0.414 e. The molecule has 0 N–H and O–H groups in total. The van der Waals surface area contributed by atoms with E-state index in [1.165, 1.54) is 5.56 Å². The highest BCUT2D eigenvalue weighted by molar-refractivity contribution is 5.92. The number of ether oxygens (including phenoxy) is 2. The molecule has 29 heavy (non-hydrogen) atoms. The number of hydrogen-bond acceptors (Lipinski definition) is 5. The molecule has 2 aliphatic rings. The zero-order chi connectivity index (χ0) is 21.4. The first-order valence-corrected chi connectivity index (χ1v) is 10.3. The van der Waals surface area contributed by atoms with Crippen LogP contribution in [0.15, 0.2) is 18.2 Å². The van der Waals surface area contributed by atoms with Crippen LogP contribution in [0.1, 0.15) is 47.1 Å². The number of fused-ring (bicyclic) bond motifs is 1. The lowest BCUT2D eigenvalue weighted by Gasteiger charge is -2.37. The van der Waals surface area contributed by atoms with Crippen LogP contribution >= 0.6 is 0 Å². The van der Waals surface area contributed by atoms with Gasteiger partial charge >= 0.3 is 12.2 Å². The number of nitrogens with zero attached hydrogens (tertiary/aromatic N) is 3. The van der Waals surface area contributed by atoms with Crippen molar-refractivity contribution in [1.82, 2.24) is 4.90 Å². The van der Waals surface area contributed by atoms with Crippen molar-refractivity contribution in [2.75, 3.05) is 42.5 Å². The zero-order valence-electron chi connectivity index (χ0n) is 18.4. The van der Waals surface area contributed by atoms with Crippen LogP contribution in [0.25, 0.3) is 0 Å². The Morgan fingerprint density at radius 3 is 1.93 bits per heavy atom. The molecule has 1 fully saturated rings. The predicted octanol–water partition coefficient (Wildman–Crippen LogP) is 4.04. The van der Waals surface area contributed by atoms with Crippen molar-refractivity contribution in [2.45, 2.75) is 59.2 Å². The summed E-state index contributed by atoms with van der Waals surface area (Å²) in [4.78, 5) is 30.7. The highest BCUT2D eigenvalue weighted by atomic mass is 16.6. The first-order chi connectivity index (χ1) is 13.4. The summed E-state index contributed by atoms with van der Waals surface area (Å²) in [5, 5.41) is 0. The Bertz CT molecular complexity index is 771. The van der Waals surface area contributed by atoms with Gasteiger partial charge in [0.15, 0.2) is 0 Å². The van der Waals surface area contributed by atoms with Crippen LogP contribution in [-0.2, 0) is 15.9 Å². The quantitative estimate of drug-likeness (QED) is 0.708. The van der Waals surface area contributed by atoms with Gasteiger partial charge in [-0.15, -0.1) is 0 Å². The minimum absolute atomic E-state index is 0.258. The fourth-order valence-electron chi connectivity index (χ4n) is 3.68. The van der Waals surface area contributed by atoms with E-state index in [2.05, 4.69) is 11.0 Å². The van der Waals surface area contributed by atoms with E-state index in [4.69, 9.17) is 9.47 Å². The van der Waals surface area contributed by atoms with Gasteiger partial charge in [-0.25, -0.2) is 9.59 Å². The van der Waals surface area contributed by atoms with E-state index in [0.717, 1.165) is 30.9 Å². The summed E-state index contributed by atoms with van der Waals surface area (Å²) in [6.07, 6.45) is 0.242. The summed E-state index contributed by atoms with van der Waals surface area (Å²) >= 11 is 0. The van der Waals surface area contributed by atoms with Gasteiger partial charge in [-0.05, 0) is 60.1 Å². The summed E-state index contributed by atoms with van der Waals surface area (Å²) in [5.74, 6) is 0. The van der Waals surface area contributed by atoms with Gasteiger partial charge < -0.3 is 19.3 Å². The maximum atomic E-state index is 12.6. The molecular formula is C22H33N3O4. The fraction of sp³-hybridized carbons (Fsp3) is 0.636. The van der Waals surface area contributed by atoms with Gasteiger partial charge in [0.05, 0.1) is 5.69 Å². The van der Waals surface area contributed by atoms with Gasteiger partial charge in [-0.1, -0.05) is 6.07 Å². The topological polar surface area (TPSA) is 62.3 Å². The van der Waals surface area contributed by atoms with Crippen LogP contribution in [0.3, 0.4) is 0 Å². The van der Waals surface area contributed by atoms with Crippen molar-refractivity contribution in [3.8, 4) is 0 Å². The predicted molar refractivity (Wildman–Crippen MR) is 114 cm³/mol. The van der Waals surface area contributed by atoms with Crippen LogP contribution in [0.4, 0.5) is 21.0 Å². The van der Waals surface area contributed by atoms with Crippen molar-refractivity contribution in [3.63, 3.8) is 0 Å². The second kappa shape index (κ2) is 7.76. The Morgan fingerprint density at radius 1 is 0.793 bits per heavy atom. The van der Waals surface area contributed by atoms with E-state index in [0.29, 0.717) is 19.6 Å². The van der Waals surface area contributed by atoms with Gasteiger partial charge in [0.1, 0.15) is 11.2 Å². The van der Waals surface area contributed by atoms with Crippen molar-refractivity contribution in [2.24, 2.45) is 0 Å². The van der Waals surface area contributed by atoms with E-state index >= 15 is 0 Å². The lowest BCUT2D eigenvalue weighted by molar-refractivity contribution is 0.0240. The van der Waals surface area contributed by atoms with Crippen LogP contribution in [-0.4, -0.2) is 61.0 Å². The molecule has 160 valence electrons. The summed E-state index contributed by atoms with van der Waals surface area (Å²) in [6, 6.07) is 6.06. The molecule has 1 aromatic carbocycles. The van der Waals surface area contributed by atoms with Gasteiger partial charge in [0.25, 0.3) is 0 Å². The van der Waals surface area contributed by atoms with E-state index in [1.54, 1.807) is 9.80 Å². The average molecular weight is 404 g/mol. The average Bonchev–Trinajstić information content (AvgIpc) is 3.03. The third kappa shape index (κ3) is 5.14. The number of hydrogen-bond donors (Lipinski definition) is 0. The molecule has 0 radical (unpaired) electrons. The molecule has 2 heterocycles. The Balaban J connectivity index is 1.68. The summed E-state index contributed by atoms with van der Waals surface area (Å²) in [5.41, 5.74) is 2.22.